The minimum absolute atomic E-state index is 0.0505. The van der Waals surface area contributed by atoms with E-state index in [4.69, 9.17) is 19.5 Å². The highest BCUT2D eigenvalue weighted by atomic mass is 79.9. The number of hydrogen-bond acceptors (Lipinski definition) is 6. The number of ether oxygens (including phenoxy) is 2. The zero-order chi connectivity index (χ0) is 29.7. The summed E-state index contributed by atoms with van der Waals surface area (Å²) in [6.07, 6.45) is -7.73. The van der Waals surface area contributed by atoms with Gasteiger partial charge in [0.1, 0.15) is 23.1 Å². The van der Waals surface area contributed by atoms with E-state index in [1.807, 2.05) is 0 Å². The summed E-state index contributed by atoms with van der Waals surface area (Å²) >= 11 is 3.07. The van der Waals surface area contributed by atoms with Crippen LogP contribution in [0.1, 0.15) is 11.1 Å². The third-order valence-corrected chi connectivity index (χ3v) is 5.06. The summed E-state index contributed by atoms with van der Waals surface area (Å²) in [4.78, 5) is 6.97. The van der Waals surface area contributed by atoms with Gasteiger partial charge in [0.15, 0.2) is 0 Å². The molecule has 2 aromatic carbocycles. The molecule has 0 aliphatic heterocycles. The summed E-state index contributed by atoms with van der Waals surface area (Å²) in [6, 6.07) is 10.4. The van der Waals surface area contributed by atoms with Crippen LogP contribution in [-0.4, -0.2) is 27.1 Å². The summed E-state index contributed by atoms with van der Waals surface area (Å²) in [5.74, 6) is -1.54. The van der Waals surface area contributed by atoms with E-state index in [0.717, 1.165) is 48.5 Å². The number of alkyl halides is 6. The average molecular weight is 637 g/mol. The first-order chi connectivity index (χ1) is 18.6. The molecule has 0 bridgehead atoms. The Morgan fingerprint density at radius 1 is 0.650 bits per heavy atom. The Labute approximate surface area is 229 Å². The lowest BCUT2D eigenvalue weighted by Gasteiger charge is -2.09. The van der Waals surface area contributed by atoms with Gasteiger partial charge in [-0.05, 0) is 41.9 Å². The van der Waals surface area contributed by atoms with Crippen LogP contribution in [0.25, 0.3) is 0 Å². The number of benzene rings is 2. The molecule has 2 N–H and O–H groups in total. The van der Waals surface area contributed by atoms with Gasteiger partial charge in [0.25, 0.3) is 0 Å². The predicted octanol–water partition coefficient (Wildman–Crippen LogP) is 6.51. The molecule has 4 aromatic rings. The SMILES string of the molecule is Fc1cc(Br)cc(Oc2ccc(C(F)(F)F)cn2)c1.OB(O)c1cc(F)cc(Oc2ccc(C(F)(F)F)cn2)c1. The van der Waals surface area contributed by atoms with Gasteiger partial charge in [-0.1, -0.05) is 15.9 Å². The van der Waals surface area contributed by atoms with Gasteiger partial charge in [-0.2, -0.15) is 26.3 Å². The number of hydrogen-bond donors (Lipinski definition) is 2. The predicted molar refractivity (Wildman–Crippen MR) is 129 cm³/mol. The molecule has 0 aliphatic carbocycles. The second-order valence-electron chi connectivity index (χ2n) is 7.67. The molecule has 0 unspecified atom stereocenters. The molecule has 0 saturated heterocycles. The van der Waals surface area contributed by atoms with Gasteiger partial charge < -0.3 is 19.5 Å². The first-order valence-electron chi connectivity index (χ1n) is 10.6. The molecule has 2 aromatic heterocycles. The van der Waals surface area contributed by atoms with Crippen LogP contribution in [0.3, 0.4) is 0 Å². The van der Waals surface area contributed by atoms with Crippen LogP contribution in [0, 0.1) is 11.6 Å². The number of halogens is 9. The topological polar surface area (TPSA) is 84.7 Å². The van der Waals surface area contributed by atoms with Crippen molar-refractivity contribution in [3.05, 3.63) is 100 Å². The summed E-state index contributed by atoms with van der Waals surface area (Å²) in [7, 11) is -1.90. The van der Waals surface area contributed by atoms with Gasteiger partial charge in [-0.15, -0.1) is 0 Å². The van der Waals surface area contributed by atoms with Crippen molar-refractivity contribution in [3.8, 4) is 23.3 Å². The summed E-state index contributed by atoms with van der Waals surface area (Å²) in [5.41, 5.74) is -1.97. The summed E-state index contributed by atoms with van der Waals surface area (Å²) in [5, 5.41) is 17.9. The summed E-state index contributed by atoms with van der Waals surface area (Å²) < 4.78 is 111. The Morgan fingerprint density at radius 3 is 1.48 bits per heavy atom. The van der Waals surface area contributed by atoms with E-state index in [-0.39, 0.29) is 28.7 Å². The van der Waals surface area contributed by atoms with Gasteiger partial charge in [0.05, 0.1) is 11.1 Å². The van der Waals surface area contributed by atoms with Crippen molar-refractivity contribution < 1.29 is 54.6 Å². The average Bonchev–Trinajstić information content (AvgIpc) is 2.83. The van der Waals surface area contributed by atoms with Gasteiger partial charge in [0, 0.05) is 41.1 Å². The van der Waals surface area contributed by atoms with Crippen molar-refractivity contribution in [2.75, 3.05) is 0 Å². The Hall–Kier alpha value is -3.76. The van der Waals surface area contributed by atoms with Crippen molar-refractivity contribution in [1.29, 1.82) is 0 Å². The van der Waals surface area contributed by atoms with Crippen LogP contribution in [-0.2, 0) is 12.4 Å². The van der Waals surface area contributed by atoms with Crippen LogP contribution >= 0.6 is 15.9 Å². The van der Waals surface area contributed by atoms with Crippen LogP contribution in [0.2, 0.25) is 0 Å². The molecule has 2 heterocycles. The Morgan fingerprint density at radius 2 is 1.10 bits per heavy atom. The zero-order valence-corrected chi connectivity index (χ0v) is 21.1. The van der Waals surface area contributed by atoms with Gasteiger partial charge >= 0.3 is 19.5 Å². The van der Waals surface area contributed by atoms with E-state index in [1.54, 1.807) is 0 Å². The minimum Gasteiger partial charge on any atom is -0.439 e. The maximum absolute atomic E-state index is 13.2. The maximum atomic E-state index is 13.2. The van der Waals surface area contributed by atoms with E-state index in [0.29, 0.717) is 16.9 Å². The first-order valence-corrected chi connectivity index (χ1v) is 11.4. The van der Waals surface area contributed by atoms with E-state index >= 15 is 0 Å². The lowest BCUT2D eigenvalue weighted by Crippen LogP contribution is -2.30. The van der Waals surface area contributed by atoms with E-state index < -0.39 is 42.2 Å². The lowest BCUT2D eigenvalue weighted by atomic mass is 9.80. The fourth-order valence-electron chi connectivity index (χ4n) is 2.84. The van der Waals surface area contributed by atoms with Gasteiger partial charge in [-0.25, -0.2) is 18.7 Å². The molecule has 40 heavy (non-hydrogen) atoms. The molecule has 4 rings (SSSR count). The molecule has 0 fully saturated rings. The smallest absolute Gasteiger partial charge is 0.439 e. The maximum Gasteiger partial charge on any atom is 0.488 e. The highest BCUT2D eigenvalue weighted by Crippen LogP contribution is 2.31. The quantitative estimate of drug-likeness (QED) is 0.192. The fraction of sp³-hybridized carbons (Fsp3) is 0.0833. The molecule has 0 radical (unpaired) electrons. The molecular formula is C24H14BBrF8N2O4. The number of pyridine rings is 2. The number of aromatic nitrogens is 2. The molecule has 0 aliphatic rings. The Balaban J connectivity index is 0.000000222. The van der Waals surface area contributed by atoms with Crippen LogP contribution < -0.4 is 14.9 Å². The van der Waals surface area contributed by atoms with Gasteiger partial charge in [-0.3, -0.25) is 0 Å². The van der Waals surface area contributed by atoms with Crippen LogP contribution in [0.15, 0.2) is 77.5 Å². The van der Waals surface area contributed by atoms with Crippen molar-refractivity contribution in [3.63, 3.8) is 0 Å². The molecule has 210 valence electrons. The molecule has 0 spiro atoms. The highest BCUT2D eigenvalue weighted by molar-refractivity contribution is 9.10. The number of nitrogens with zero attached hydrogens (tertiary/aromatic N) is 2. The molecule has 16 heteroatoms. The zero-order valence-electron chi connectivity index (χ0n) is 19.5. The van der Waals surface area contributed by atoms with Crippen molar-refractivity contribution >= 4 is 28.5 Å². The van der Waals surface area contributed by atoms with Gasteiger partial charge in [0.2, 0.25) is 11.8 Å². The van der Waals surface area contributed by atoms with Crippen LogP contribution in [0.4, 0.5) is 35.1 Å². The second-order valence-corrected chi connectivity index (χ2v) is 8.58. The molecule has 0 saturated carbocycles. The fourth-order valence-corrected chi connectivity index (χ4v) is 3.28. The second kappa shape index (κ2) is 12.6. The molecular weight excluding hydrogens is 623 g/mol. The van der Waals surface area contributed by atoms with E-state index in [9.17, 15) is 35.1 Å². The Bertz CT molecular complexity index is 1420. The summed E-state index contributed by atoms with van der Waals surface area (Å²) in [6.45, 7) is 0. The standard InChI is InChI=1S/C12H8BF4NO3.C12H6BrF4NO/c14-9-3-8(13(19)20)4-10(5-9)21-11-2-1-7(6-18-11)12(15,16)17;13-8-3-9(14)5-10(4-8)19-11-2-1-7(6-18-11)12(15,16)17/h1-6,19-20H;1-6H. The minimum atomic E-state index is -4.52. The molecule has 6 nitrogen and oxygen atoms in total. The lowest BCUT2D eigenvalue weighted by molar-refractivity contribution is -0.138. The normalized spacial score (nSPS) is 11.4. The van der Waals surface area contributed by atoms with E-state index in [2.05, 4.69) is 25.9 Å². The monoisotopic (exact) mass is 636 g/mol. The Kier molecular flexibility index (Phi) is 9.71. The third kappa shape index (κ3) is 9.17. The largest absolute Gasteiger partial charge is 0.488 e. The van der Waals surface area contributed by atoms with Crippen LogP contribution in [0.5, 0.6) is 23.3 Å². The van der Waals surface area contributed by atoms with E-state index in [1.165, 1.54) is 12.1 Å². The number of rotatable bonds is 5. The van der Waals surface area contributed by atoms with Crippen molar-refractivity contribution in [1.82, 2.24) is 9.97 Å². The first kappa shape index (κ1) is 30.8. The van der Waals surface area contributed by atoms with Crippen molar-refractivity contribution in [2.45, 2.75) is 12.4 Å². The third-order valence-electron chi connectivity index (χ3n) is 4.60. The molecule has 0 amide bonds. The highest BCUT2D eigenvalue weighted by Gasteiger charge is 2.31. The molecule has 0 atom stereocenters. The van der Waals surface area contributed by atoms with Crippen molar-refractivity contribution in [2.24, 2.45) is 0 Å².